The smallest absolute Gasteiger partial charge is 0.172 e. The van der Waals surface area contributed by atoms with Gasteiger partial charge in [0.05, 0.1) is 12.2 Å². The standard InChI is InChI=1S/C20H17NO2S/c1-14-5-4-6-15(9-14)10-18(23)20(12-21,13-22)19-11-16-7-2-3-8-17(16)24-19/h2-9,11,13,18,23H,10H2,1H3. The van der Waals surface area contributed by atoms with Crippen LogP contribution in [0.4, 0.5) is 0 Å². The molecule has 0 spiro atoms. The van der Waals surface area contributed by atoms with Crippen molar-refractivity contribution >= 4 is 27.7 Å². The highest BCUT2D eigenvalue weighted by molar-refractivity contribution is 7.19. The summed E-state index contributed by atoms with van der Waals surface area (Å²) in [6.45, 7) is 1.97. The first-order chi connectivity index (χ1) is 11.6. The van der Waals surface area contributed by atoms with E-state index < -0.39 is 11.5 Å². The number of hydrogen-bond acceptors (Lipinski definition) is 4. The Morgan fingerprint density at radius 1 is 1.25 bits per heavy atom. The van der Waals surface area contributed by atoms with Crippen molar-refractivity contribution < 1.29 is 9.90 Å². The van der Waals surface area contributed by atoms with Crippen molar-refractivity contribution in [2.24, 2.45) is 0 Å². The number of thiophene rings is 1. The molecule has 0 amide bonds. The van der Waals surface area contributed by atoms with E-state index in [9.17, 15) is 15.2 Å². The van der Waals surface area contributed by atoms with Crippen LogP contribution in [0.25, 0.3) is 10.1 Å². The molecule has 0 aliphatic heterocycles. The van der Waals surface area contributed by atoms with E-state index in [-0.39, 0.29) is 6.42 Å². The van der Waals surface area contributed by atoms with Crippen molar-refractivity contribution in [3.63, 3.8) is 0 Å². The minimum Gasteiger partial charge on any atom is -0.390 e. The zero-order valence-electron chi connectivity index (χ0n) is 13.3. The minimum absolute atomic E-state index is 0.252. The maximum atomic E-state index is 11.9. The lowest BCUT2D eigenvalue weighted by molar-refractivity contribution is -0.113. The maximum Gasteiger partial charge on any atom is 0.172 e. The Bertz CT molecular complexity index is 892. The molecule has 0 saturated carbocycles. The van der Waals surface area contributed by atoms with E-state index in [0.717, 1.165) is 21.2 Å². The van der Waals surface area contributed by atoms with Gasteiger partial charge in [-0.05, 0) is 30.0 Å². The lowest BCUT2D eigenvalue weighted by Crippen LogP contribution is -2.40. The Labute approximate surface area is 144 Å². The van der Waals surface area contributed by atoms with E-state index in [1.165, 1.54) is 11.3 Å². The first-order valence-electron chi connectivity index (χ1n) is 7.69. The number of benzene rings is 2. The molecular weight excluding hydrogens is 318 g/mol. The number of aldehydes is 1. The van der Waals surface area contributed by atoms with Gasteiger partial charge in [-0.2, -0.15) is 5.26 Å². The molecule has 3 aromatic rings. The SMILES string of the molecule is Cc1cccc(CC(O)C(C#N)(C=O)c2cc3ccccc3s2)c1. The monoisotopic (exact) mass is 335 g/mol. The first-order valence-corrected chi connectivity index (χ1v) is 8.51. The molecule has 0 radical (unpaired) electrons. The number of nitrogens with zero attached hydrogens (tertiary/aromatic N) is 1. The zero-order valence-corrected chi connectivity index (χ0v) is 14.1. The summed E-state index contributed by atoms with van der Waals surface area (Å²) in [4.78, 5) is 12.4. The number of carbonyl (C=O) groups is 1. The van der Waals surface area contributed by atoms with Crippen LogP contribution in [0.3, 0.4) is 0 Å². The molecule has 120 valence electrons. The summed E-state index contributed by atoms with van der Waals surface area (Å²) in [5, 5.41) is 21.4. The van der Waals surface area contributed by atoms with Gasteiger partial charge in [-0.25, -0.2) is 0 Å². The number of aliphatic hydroxyl groups is 1. The van der Waals surface area contributed by atoms with Gasteiger partial charge >= 0.3 is 0 Å². The molecule has 4 heteroatoms. The van der Waals surface area contributed by atoms with Gasteiger partial charge in [-0.3, -0.25) is 0 Å². The quantitative estimate of drug-likeness (QED) is 0.722. The van der Waals surface area contributed by atoms with Crippen LogP contribution in [0, 0.1) is 18.3 Å². The summed E-state index contributed by atoms with van der Waals surface area (Å²) in [6.07, 6.45) is -0.268. The fraction of sp³-hybridized carbons (Fsp3) is 0.200. The molecule has 24 heavy (non-hydrogen) atoms. The van der Waals surface area contributed by atoms with E-state index in [1.54, 1.807) is 0 Å². The highest BCUT2D eigenvalue weighted by Crippen LogP contribution is 2.36. The van der Waals surface area contributed by atoms with Crippen molar-refractivity contribution in [3.05, 3.63) is 70.6 Å². The highest BCUT2D eigenvalue weighted by atomic mass is 32.1. The fourth-order valence-electron chi connectivity index (χ4n) is 2.87. The number of carbonyl (C=O) groups excluding carboxylic acids is 1. The molecule has 2 unspecified atom stereocenters. The van der Waals surface area contributed by atoms with Crippen LogP contribution in [0.2, 0.25) is 0 Å². The number of rotatable bonds is 5. The second kappa shape index (κ2) is 6.56. The average Bonchev–Trinajstić information content (AvgIpc) is 3.01. The summed E-state index contributed by atoms with van der Waals surface area (Å²) < 4.78 is 0.997. The van der Waals surface area contributed by atoms with E-state index in [4.69, 9.17) is 0 Å². The van der Waals surface area contributed by atoms with Crippen molar-refractivity contribution in [1.29, 1.82) is 5.26 Å². The molecule has 1 aromatic heterocycles. The Hall–Kier alpha value is -2.48. The largest absolute Gasteiger partial charge is 0.390 e. The van der Waals surface area contributed by atoms with Crippen LogP contribution in [0.15, 0.2) is 54.6 Å². The summed E-state index contributed by atoms with van der Waals surface area (Å²) >= 11 is 1.38. The van der Waals surface area contributed by atoms with Gasteiger partial charge in [0.15, 0.2) is 5.41 Å². The van der Waals surface area contributed by atoms with Gasteiger partial charge in [-0.1, -0.05) is 48.0 Å². The third-order valence-electron chi connectivity index (χ3n) is 4.24. The molecule has 3 nitrogen and oxygen atoms in total. The van der Waals surface area contributed by atoms with Gasteiger partial charge < -0.3 is 9.90 Å². The third kappa shape index (κ3) is 2.84. The predicted molar refractivity (Wildman–Crippen MR) is 96.1 cm³/mol. The highest BCUT2D eigenvalue weighted by Gasteiger charge is 2.41. The maximum absolute atomic E-state index is 11.9. The Morgan fingerprint density at radius 2 is 2.04 bits per heavy atom. The normalized spacial score (nSPS) is 14.7. The zero-order chi connectivity index (χ0) is 17.2. The van der Waals surface area contributed by atoms with E-state index in [1.807, 2.05) is 61.5 Å². The van der Waals surface area contributed by atoms with Crippen LogP contribution in [-0.2, 0) is 16.6 Å². The van der Waals surface area contributed by atoms with Crippen LogP contribution in [0.5, 0.6) is 0 Å². The molecular formula is C20H17NO2S. The van der Waals surface area contributed by atoms with Crippen LogP contribution in [0.1, 0.15) is 16.0 Å². The Balaban J connectivity index is 2.01. The molecule has 1 heterocycles. The number of aliphatic hydroxyl groups excluding tert-OH is 1. The second-order valence-electron chi connectivity index (χ2n) is 5.96. The summed E-state index contributed by atoms with van der Waals surface area (Å²) in [7, 11) is 0. The predicted octanol–water partition coefficient (Wildman–Crippen LogP) is 3.77. The Kier molecular flexibility index (Phi) is 4.48. The number of aryl methyl sites for hydroxylation is 1. The molecule has 0 aliphatic rings. The van der Waals surface area contributed by atoms with E-state index >= 15 is 0 Å². The van der Waals surface area contributed by atoms with Crippen LogP contribution in [-0.4, -0.2) is 17.5 Å². The lowest BCUT2D eigenvalue weighted by atomic mass is 9.80. The average molecular weight is 335 g/mol. The van der Waals surface area contributed by atoms with E-state index in [2.05, 4.69) is 6.07 Å². The summed E-state index contributed by atoms with van der Waals surface area (Å²) in [6, 6.07) is 19.4. The van der Waals surface area contributed by atoms with Crippen molar-refractivity contribution in [1.82, 2.24) is 0 Å². The molecule has 0 bridgehead atoms. The molecule has 2 atom stereocenters. The molecule has 0 fully saturated rings. The van der Waals surface area contributed by atoms with Crippen LogP contribution < -0.4 is 0 Å². The summed E-state index contributed by atoms with van der Waals surface area (Å²) in [5.74, 6) is 0. The molecule has 0 saturated heterocycles. The molecule has 3 rings (SSSR count). The Morgan fingerprint density at radius 3 is 2.71 bits per heavy atom. The van der Waals surface area contributed by atoms with E-state index in [0.29, 0.717) is 11.2 Å². The molecule has 1 N–H and O–H groups in total. The van der Waals surface area contributed by atoms with Crippen LogP contribution >= 0.6 is 11.3 Å². The van der Waals surface area contributed by atoms with Gasteiger partial charge in [-0.15, -0.1) is 11.3 Å². The number of hydrogen-bond donors (Lipinski definition) is 1. The first kappa shape index (κ1) is 16.4. The van der Waals surface area contributed by atoms with Crippen molar-refractivity contribution in [2.45, 2.75) is 24.9 Å². The van der Waals surface area contributed by atoms with Gasteiger partial charge in [0.25, 0.3) is 0 Å². The second-order valence-corrected chi connectivity index (χ2v) is 7.04. The third-order valence-corrected chi connectivity index (χ3v) is 5.51. The number of nitriles is 1. The fourth-order valence-corrected chi connectivity index (χ4v) is 4.08. The van der Waals surface area contributed by atoms with Gasteiger partial charge in [0, 0.05) is 16.0 Å². The minimum atomic E-state index is -1.55. The van der Waals surface area contributed by atoms with Gasteiger partial charge in [0.1, 0.15) is 6.29 Å². The topological polar surface area (TPSA) is 61.1 Å². The molecule has 2 aromatic carbocycles. The van der Waals surface area contributed by atoms with Gasteiger partial charge in [0.2, 0.25) is 0 Å². The molecule has 0 aliphatic carbocycles. The lowest BCUT2D eigenvalue weighted by Gasteiger charge is -2.25. The number of fused-ring (bicyclic) bond motifs is 1. The summed E-state index contributed by atoms with van der Waals surface area (Å²) in [5.41, 5.74) is 0.438. The van der Waals surface area contributed by atoms with Crippen molar-refractivity contribution in [2.75, 3.05) is 0 Å². The van der Waals surface area contributed by atoms with Crippen molar-refractivity contribution in [3.8, 4) is 6.07 Å².